The molecule has 0 atom stereocenters. The molecule has 0 aliphatic carbocycles. The van der Waals surface area contributed by atoms with Crippen molar-refractivity contribution in [2.75, 3.05) is 20.8 Å². The van der Waals surface area contributed by atoms with Crippen LogP contribution >= 0.6 is 0 Å². The summed E-state index contributed by atoms with van der Waals surface area (Å²) in [6.45, 7) is 3.29. The van der Waals surface area contributed by atoms with Crippen LogP contribution in [0.15, 0.2) is 66.7 Å². The van der Waals surface area contributed by atoms with E-state index < -0.39 is 0 Å². The number of aromatic nitrogens is 2. The van der Waals surface area contributed by atoms with E-state index in [9.17, 15) is 0 Å². The van der Waals surface area contributed by atoms with E-state index in [1.165, 1.54) is 5.56 Å². The smallest absolute Gasteiger partial charge is 0.161 e. The van der Waals surface area contributed by atoms with Crippen molar-refractivity contribution in [2.45, 2.75) is 13.5 Å². The summed E-state index contributed by atoms with van der Waals surface area (Å²) in [7, 11) is 3.27. The number of ether oxygens (including phenoxy) is 3. The molecule has 4 rings (SSSR count). The number of benzene rings is 3. The molecule has 0 aliphatic heterocycles. The van der Waals surface area contributed by atoms with Crippen LogP contribution in [-0.4, -0.2) is 30.4 Å². The highest BCUT2D eigenvalue weighted by Crippen LogP contribution is 2.33. The van der Waals surface area contributed by atoms with Gasteiger partial charge in [0, 0.05) is 5.56 Å². The SMILES string of the molecule is COc1ccc(-c2nc3ccccc3n2CCOc2ccc(C)cc2)cc1OC. The van der Waals surface area contributed by atoms with Gasteiger partial charge in [-0.15, -0.1) is 0 Å². The summed E-state index contributed by atoms with van der Waals surface area (Å²) in [5.41, 5.74) is 4.21. The van der Waals surface area contributed by atoms with Gasteiger partial charge in [-0.05, 0) is 49.4 Å². The van der Waals surface area contributed by atoms with Crippen LogP contribution in [0.3, 0.4) is 0 Å². The number of nitrogens with zero attached hydrogens (tertiary/aromatic N) is 2. The highest BCUT2D eigenvalue weighted by atomic mass is 16.5. The van der Waals surface area contributed by atoms with Crippen molar-refractivity contribution >= 4 is 11.0 Å². The third kappa shape index (κ3) is 3.90. The van der Waals surface area contributed by atoms with Crippen LogP contribution in [-0.2, 0) is 6.54 Å². The molecule has 0 saturated carbocycles. The molecular formula is C24H24N2O3. The normalized spacial score (nSPS) is 10.9. The summed E-state index contributed by atoms with van der Waals surface area (Å²) in [5, 5.41) is 0. The molecule has 0 radical (unpaired) electrons. The van der Waals surface area contributed by atoms with Crippen LogP contribution in [0.25, 0.3) is 22.4 Å². The maximum atomic E-state index is 5.96. The first kappa shape index (κ1) is 18.9. The Morgan fingerprint density at radius 1 is 0.862 bits per heavy atom. The fraction of sp³-hybridized carbons (Fsp3) is 0.208. The Morgan fingerprint density at radius 2 is 1.62 bits per heavy atom. The van der Waals surface area contributed by atoms with Crippen molar-refractivity contribution in [3.05, 3.63) is 72.3 Å². The number of imidazole rings is 1. The van der Waals surface area contributed by atoms with Crippen LogP contribution in [0.1, 0.15) is 5.56 Å². The van der Waals surface area contributed by atoms with Gasteiger partial charge >= 0.3 is 0 Å². The summed E-state index contributed by atoms with van der Waals surface area (Å²) < 4.78 is 19.0. The van der Waals surface area contributed by atoms with E-state index in [-0.39, 0.29) is 0 Å². The van der Waals surface area contributed by atoms with Crippen LogP contribution in [0, 0.1) is 6.92 Å². The standard InChI is InChI=1S/C24H24N2O3/c1-17-8-11-19(12-9-17)29-15-14-26-21-7-5-4-6-20(21)25-24(26)18-10-13-22(27-2)23(16-18)28-3/h4-13,16H,14-15H2,1-3H3. The summed E-state index contributed by atoms with van der Waals surface area (Å²) in [4.78, 5) is 4.86. The Morgan fingerprint density at radius 3 is 2.38 bits per heavy atom. The number of rotatable bonds is 7. The van der Waals surface area contributed by atoms with Gasteiger partial charge in [0.1, 0.15) is 18.2 Å². The summed E-state index contributed by atoms with van der Waals surface area (Å²) in [6, 6.07) is 22.1. The van der Waals surface area contributed by atoms with Crippen molar-refractivity contribution < 1.29 is 14.2 Å². The predicted octanol–water partition coefficient (Wildman–Crippen LogP) is 5.11. The quantitative estimate of drug-likeness (QED) is 0.441. The van der Waals surface area contributed by atoms with Gasteiger partial charge in [-0.25, -0.2) is 4.98 Å². The van der Waals surface area contributed by atoms with Crippen molar-refractivity contribution in [1.82, 2.24) is 9.55 Å². The molecule has 3 aromatic carbocycles. The molecule has 0 aliphatic rings. The average Bonchev–Trinajstić information content (AvgIpc) is 3.13. The van der Waals surface area contributed by atoms with E-state index >= 15 is 0 Å². The molecule has 1 aromatic heterocycles. The lowest BCUT2D eigenvalue weighted by Gasteiger charge is -2.13. The second-order valence-corrected chi connectivity index (χ2v) is 6.81. The molecular weight excluding hydrogens is 364 g/mol. The van der Waals surface area contributed by atoms with E-state index in [0.29, 0.717) is 24.7 Å². The van der Waals surface area contributed by atoms with Crippen molar-refractivity contribution in [1.29, 1.82) is 0 Å². The summed E-state index contributed by atoms with van der Waals surface area (Å²) in [6.07, 6.45) is 0. The minimum Gasteiger partial charge on any atom is -0.493 e. The first-order valence-corrected chi connectivity index (χ1v) is 9.56. The third-order valence-electron chi connectivity index (χ3n) is 4.90. The molecule has 0 saturated heterocycles. The Labute approximate surface area is 170 Å². The molecule has 5 nitrogen and oxygen atoms in total. The second-order valence-electron chi connectivity index (χ2n) is 6.81. The summed E-state index contributed by atoms with van der Waals surface area (Å²) >= 11 is 0. The molecule has 0 N–H and O–H groups in total. The molecule has 0 unspecified atom stereocenters. The van der Waals surface area contributed by atoms with Crippen LogP contribution in [0.2, 0.25) is 0 Å². The zero-order chi connectivity index (χ0) is 20.2. The average molecular weight is 388 g/mol. The topological polar surface area (TPSA) is 45.5 Å². The second kappa shape index (κ2) is 8.27. The van der Waals surface area contributed by atoms with Crippen LogP contribution in [0.5, 0.6) is 17.2 Å². The maximum Gasteiger partial charge on any atom is 0.161 e. The largest absolute Gasteiger partial charge is 0.493 e. The third-order valence-corrected chi connectivity index (χ3v) is 4.90. The van der Waals surface area contributed by atoms with Gasteiger partial charge in [0.15, 0.2) is 11.5 Å². The first-order chi connectivity index (χ1) is 14.2. The Bertz CT molecular complexity index is 1120. The number of methoxy groups -OCH3 is 2. The number of fused-ring (bicyclic) bond motifs is 1. The Kier molecular flexibility index (Phi) is 5.38. The van der Waals surface area contributed by atoms with E-state index in [4.69, 9.17) is 19.2 Å². The van der Waals surface area contributed by atoms with Gasteiger partial charge in [-0.2, -0.15) is 0 Å². The number of hydrogen-bond donors (Lipinski definition) is 0. The molecule has 29 heavy (non-hydrogen) atoms. The molecule has 4 aromatic rings. The lowest BCUT2D eigenvalue weighted by molar-refractivity contribution is 0.301. The lowest BCUT2D eigenvalue weighted by Crippen LogP contribution is -2.09. The molecule has 1 heterocycles. The fourth-order valence-electron chi connectivity index (χ4n) is 3.39. The number of hydrogen-bond acceptors (Lipinski definition) is 4. The fourth-order valence-corrected chi connectivity index (χ4v) is 3.39. The monoisotopic (exact) mass is 388 g/mol. The Hall–Kier alpha value is -3.47. The first-order valence-electron chi connectivity index (χ1n) is 9.56. The van der Waals surface area contributed by atoms with E-state index in [1.54, 1.807) is 14.2 Å². The van der Waals surface area contributed by atoms with Gasteiger partial charge in [-0.1, -0.05) is 29.8 Å². The minimum absolute atomic E-state index is 0.545. The van der Waals surface area contributed by atoms with Crippen LogP contribution < -0.4 is 14.2 Å². The predicted molar refractivity (Wildman–Crippen MR) is 115 cm³/mol. The minimum atomic E-state index is 0.545. The van der Waals surface area contributed by atoms with E-state index in [2.05, 4.69) is 29.7 Å². The van der Waals surface area contributed by atoms with Gasteiger partial charge in [0.05, 0.1) is 31.8 Å². The summed E-state index contributed by atoms with van der Waals surface area (Å²) in [5.74, 6) is 3.12. The molecule has 0 bridgehead atoms. The highest BCUT2D eigenvalue weighted by Gasteiger charge is 2.15. The van der Waals surface area contributed by atoms with Gasteiger partial charge < -0.3 is 18.8 Å². The van der Waals surface area contributed by atoms with Crippen LogP contribution in [0.4, 0.5) is 0 Å². The van der Waals surface area contributed by atoms with E-state index in [0.717, 1.165) is 28.2 Å². The molecule has 0 amide bonds. The van der Waals surface area contributed by atoms with Gasteiger partial charge in [0.25, 0.3) is 0 Å². The van der Waals surface area contributed by atoms with Crippen molar-refractivity contribution in [3.63, 3.8) is 0 Å². The van der Waals surface area contributed by atoms with Crippen molar-refractivity contribution in [2.24, 2.45) is 0 Å². The zero-order valence-corrected chi connectivity index (χ0v) is 16.9. The highest BCUT2D eigenvalue weighted by molar-refractivity contribution is 5.81. The molecule has 0 fully saturated rings. The maximum absolute atomic E-state index is 5.96. The lowest BCUT2D eigenvalue weighted by atomic mass is 10.2. The molecule has 0 spiro atoms. The molecule has 148 valence electrons. The van der Waals surface area contributed by atoms with Crippen molar-refractivity contribution in [3.8, 4) is 28.6 Å². The van der Waals surface area contributed by atoms with Gasteiger partial charge in [-0.3, -0.25) is 0 Å². The van der Waals surface area contributed by atoms with Gasteiger partial charge in [0.2, 0.25) is 0 Å². The molecule has 5 heteroatoms. The zero-order valence-electron chi connectivity index (χ0n) is 16.9. The Balaban J connectivity index is 1.66. The number of para-hydroxylation sites is 2. The number of aryl methyl sites for hydroxylation is 1. The van der Waals surface area contributed by atoms with E-state index in [1.807, 2.05) is 48.5 Å².